The van der Waals surface area contributed by atoms with Crippen molar-refractivity contribution in [1.82, 2.24) is 0 Å². The second kappa shape index (κ2) is 4.93. The van der Waals surface area contributed by atoms with Gasteiger partial charge in [-0.3, -0.25) is 4.79 Å². The molecule has 1 unspecified atom stereocenters. The standard InChI is InChI=1S/C7H13IO2/c1-5(2)4-6(8)7(9)10-3/h5-6H,4H2,1-3H3. The summed E-state index contributed by atoms with van der Waals surface area (Å²) in [5, 5.41) is 0. The zero-order chi connectivity index (χ0) is 8.15. The summed E-state index contributed by atoms with van der Waals surface area (Å²) in [5.74, 6) is 0.440. The van der Waals surface area contributed by atoms with E-state index in [0.717, 1.165) is 6.42 Å². The number of alkyl halides is 1. The van der Waals surface area contributed by atoms with E-state index in [1.54, 1.807) is 0 Å². The zero-order valence-corrected chi connectivity index (χ0v) is 8.71. The molecular formula is C7H13IO2. The van der Waals surface area contributed by atoms with E-state index in [1.807, 2.05) is 0 Å². The highest BCUT2D eigenvalue weighted by atomic mass is 127. The van der Waals surface area contributed by atoms with Crippen LogP contribution in [0.1, 0.15) is 20.3 Å². The molecule has 0 aliphatic rings. The second-order valence-corrected chi connectivity index (χ2v) is 4.12. The number of halogens is 1. The fraction of sp³-hybridized carbons (Fsp3) is 0.857. The molecule has 0 aromatic carbocycles. The molecule has 0 spiro atoms. The first kappa shape index (κ1) is 10.2. The average Bonchev–Trinajstić information content (AvgIpc) is 1.85. The number of esters is 1. The van der Waals surface area contributed by atoms with Crippen molar-refractivity contribution < 1.29 is 9.53 Å². The van der Waals surface area contributed by atoms with Crippen LogP contribution in [0.2, 0.25) is 0 Å². The van der Waals surface area contributed by atoms with Crippen LogP contribution in [0.4, 0.5) is 0 Å². The van der Waals surface area contributed by atoms with Crippen molar-refractivity contribution in [3.8, 4) is 0 Å². The van der Waals surface area contributed by atoms with Gasteiger partial charge in [0.15, 0.2) is 0 Å². The molecule has 0 bridgehead atoms. The number of hydrogen-bond acceptors (Lipinski definition) is 2. The number of rotatable bonds is 3. The summed E-state index contributed by atoms with van der Waals surface area (Å²) in [5.41, 5.74) is 0. The van der Waals surface area contributed by atoms with E-state index in [4.69, 9.17) is 0 Å². The molecule has 0 N–H and O–H groups in total. The first-order valence-corrected chi connectivity index (χ1v) is 4.54. The van der Waals surface area contributed by atoms with Crippen LogP contribution in [0.15, 0.2) is 0 Å². The Morgan fingerprint density at radius 3 is 2.40 bits per heavy atom. The van der Waals surface area contributed by atoms with Crippen molar-refractivity contribution in [2.75, 3.05) is 7.11 Å². The summed E-state index contributed by atoms with van der Waals surface area (Å²) in [6, 6.07) is 0. The maximum atomic E-state index is 10.8. The molecule has 0 fully saturated rings. The number of carbonyl (C=O) groups is 1. The Morgan fingerprint density at radius 1 is 1.60 bits per heavy atom. The van der Waals surface area contributed by atoms with Gasteiger partial charge in [0.25, 0.3) is 0 Å². The van der Waals surface area contributed by atoms with E-state index >= 15 is 0 Å². The predicted octanol–water partition coefficient (Wildman–Crippen LogP) is 2.01. The van der Waals surface area contributed by atoms with Crippen LogP contribution in [0.5, 0.6) is 0 Å². The molecule has 3 heteroatoms. The third-order valence-electron chi connectivity index (χ3n) is 1.14. The first-order valence-electron chi connectivity index (χ1n) is 3.29. The number of methoxy groups -OCH3 is 1. The van der Waals surface area contributed by atoms with E-state index in [-0.39, 0.29) is 9.89 Å². The van der Waals surface area contributed by atoms with E-state index < -0.39 is 0 Å². The average molecular weight is 256 g/mol. The van der Waals surface area contributed by atoms with Gasteiger partial charge in [-0.15, -0.1) is 0 Å². The van der Waals surface area contributed by atoms with Gasteiger partial charge in [-0.2, -0.15) is 0 Å². The van der Waals surface area contributed by atoms with Gasteiger partial charge in [0, 0.05) is 0 Å². The monoisotopic (exact) mass is 256 g/mol. The lowest BCUT2D eigenvalue weighted by molar-refractivity contribution is -0.139. The molecule has 10 heavy (non-hydrogen) atoms. The quantitative estimate of drug-likeness (QED) is 0.438. The first-order chi connectivity index (χ1) is 4.57. The normalized spacial score (nSPS) is 13.3. The number of ether oxygens (including phenoxy) is 1. The Morgan fingerprint density at radius 2 is 2.10 bits per heavy atom. The van der Waals surface area contributed by atoms with Crippen LogP contribution in [-0.2, 0) is 9.53 Å². The second-order valence-electron chi connectivity index (χ2n) is 2.62. The fourth-order valence-electron chi connectivity index (χ4n) is 0.638. The van der Waals surface area contributed by atoms with Gasteiger partial charge in [0.1, 0.15) is 3.92 Å². The minimum atomic E-state index is -0.116. The highest BCUT2D eigenvalue weighted by Gasteiger charge is 2.15. The third kappa shape index (κ3) is 4.09. The molecule has 1 atom stereocenters. The topological polar surface area (TPSA) is 26.3 Å². The molecule has 0 saturated heterocycles. The maximum absolute atomic E-state index is 10.8. The Labute approximate surface area is 75.5 Å². The molecule has 2 nitrogen and oxygen atoms in total. The van der Waals surface area contributed by atoms with Gasteiger partial charge in [-0.25, -0.2) is 0 Å². The predicted molar refractivity (Wildman–Crippen MR) is 49.3 cm³/mol. The molecule has 60 valence electrons. The van der Waals surface area contributed by atoms with Gasteiger partial charge >= 0.3 is 5.97 Å². The van der Waals surface area contributed by atoms with Gasteiger partial charge in [0.2, 0.25) is 0 Å². The Hall–Kier alpha value is 0.200. The molecule has 0 aliphatic heterocycles. The lowest BCUT2D eigenvalue weighted by Crippen LogP contribution is -2.17. The SMILES string of the molecule is COC(=O)C(I)CC(C)C. The Kier molecular flexibility index (Phi) is 5.03. The summed E-state index contributed by atoms with van der Waals surface area (Å²) in [6.45, 7) is 4.18. The minimum absolute atomic E-state index is 0.0163. The minimum Gasteiger partial charge on any atom is -0.468 e. The molecule has 0 rings (SSSR count). The highest BCUT2D eigenvalue weighted by molar-refractivity contribution is 14.1. The van der Waals surface area contributed by atoms with Crippen LogP contribution >= 0.6 is 22.6 Å². The summed E-state index contributed by atoms with van der Waals surface area (Å²) in [4.78, 5) is 10.8. The molecule has 0 radical (unpaired) electrons. The van der Waals surface area contributed by atoms with Gasteiger partial charge in [0.05, 0.1) is 7.11 Å². The zero-order valence-electron chi connectivity index (χ0n) is 6.56. The fourth-order valence-corrected chi connectivity index (χ4v) is 1.91. The largest absolute Gasteiger partial charge is 0.468 e. The van der Waals surface area contributed by atoms with Crippen molar-refractivity contribution in [3.63, 3.8) is 0 Å². The van der Waals surface area contributed by atoms with Crippen LogP contribution in [0.25, 0.3) is 0 Å². The van der Waals surface area contributed by atoms with Crippen molar-refractivity contribution >= 4 is 28.6 Å². The third-order valence-corrected chi connectivity index (χ3v) is 2.15. The Balaban J connectivity index is 3.61. The lowest BCUT2D eigenvalue weighted by atomic mass is 10.1. The summed E-state index contributed by atoms with van der Waals surface area (Å²) < 4.78 is 4.58. The molecule has 0 aliphatic carbocycles. The summed E-state index contributed by atoms with van der Waals surface area (Å²) in [6.07, 6.45) is 0.896. The molecule has 0 amide bonds. The summed E-state index contributed by atoms with van der Waals surface area (Å²) >= 11 is 2.11. The summed E-state index contributed by atoms with van der Waals surface area (Å²) in [7, 11) is 1.42. The molecule has 0 aromatic heterocycles. The van der Waals surface area contributed by atoms with Crippen LogP contribution < -0.4 is 0 Å². The van der Waals surface area contributed by atoms with E-state index in [2.05, 4.69) is 41.2 Å². The van der Waals surface area contributed by atoms with Crippen molar-refractivity contribution in [3.05, 3.63) is 0 Å². The van der Waals surface area contributed by atoms with Crippen LogP contribution in [-0.4, -0.2) is 17.0 Å². The molecule has 0 aromatic rings. The molecular weight excluding hydrogens is 243 g/mol. The number of carbonyl (C=O) groups excluding carboxylic acids is 1. The van der Waals surface area contributed by atoms with Crippen molar-refractivity contribution in [2.45, 2.75) is 24.2 Å². The smallest absolute Gasteiger partial charge is 0.318 e. The molecule has 0 heterocycles. The van der Waals surface area contributed by atoms with E-state index in [0.29, 0.717) is 5.92 Å². The van der Waals surface area contributed by atoms with Crippen LogP contribution in [0, 0.1) is 5.92 Å². The highest BCUT2D eigenvalue weighted by Crippen LogP contribution is 2.13. The van der Waals surface area contributed by atoms with Gasteiger partial charge < -0.3 is 4.74 Å². The maximum Gasteiger partial charge on any atom is 0.318 e. The van der Waals surface area contributed by atoms with E-state index in [1.165, 1.54) is 7.11 Å². The molecule has 0 saturated carbocycles. The van der Waals surface area contributed by atoms with Gasteiger partial charge in [-0.05, 0) is 12.3 Å². The van der Waals surface area contributed by atoms with Gasteiger partial charge in [-0.1, -0.05) is 36.4 Å². The van der Waals surface area contributed by atoms with Crippen molar-refractivity contribution in [1.29, 1.82) is 0 Å². The number of hydrogen-bond donors (Lipinski definition) is 0. The van der Waals surface area contributed by atoms with Crippen LogP contribution in [0.3, 0.4) is 0 Å². The Bertz CT molecular complexity index is 112. The van der Waals surface area contributed by atoms with E-state index in [9.17, 15) is 4.79 Å². The lowest BCUT2D eigenvalue weighted by Gasteiger charge is -2.08. The van der Waals surface area contributed by atoms with Crippen molar-refractivity contribution in [2.24, 2.45) is 5.92 Å².